The van der Waals surface area contributed by atoms with Gasteiger partial charge in [-0.25, -0.2) is 14.8 Å². The molecule has 4 nitrogen and oxygen atoms in total. The predicted molar refractivity (Wildman–Crippen MR) is 38.4 cm³/mol. The SMILES string of the molecule is CCc1ncncc1C(=O)O. The summed E-state index contributed by atoms with van der Waals surface area (Å²) in [6.45, 7) is 1.86. The van der Waals surface area contributed by atoms with Gasteiger partial charge in [0, 0.05) is 6.20 Å². The van der Waals surface area contributed by atoms with Gasteiger partial charge in [0.1, 0.15) is 6.33 Å². The Kier molecular flexibility index (Phi) is 2.15. The van der Waals surface area contributed by atoms with Crippen LogP contribution in [0.15, 0.2) is 12.5 Å². The van der Waals surface area contributed by atoms with Crippen LogP contribution >= 0.6 is 0 Å². The first-order valence-corrected chi connectivity index (χ1v) is 3.28. The summed E-state index contributed by atoms with van der Waals surface area (Å²) < 4.78 is 0. The second kappa shape index (κ2) is 3.09. The van der Waals surface area contributed by atoms with Crippen LogP contribution in [0.4, 0.5) is 0 Å². The number of aromatic nitrogens is 2. The van der Waals surface area contributed by atoms with E-state index >= 15 is 0 Å². The predicted octanol–water partition coefficient (Wildman–Crippen LogP) is 0.737. The molecule has 0 aromatic carbocycles. The van der Waals surface area contributed by atoms with E-state index in [1.165, 1.54) is 12.5 Å². The van der Waals surface area contributed by atoms with Crippen LogP contribution in [0.2, 0.25) is 0 Å². The summed E-state index contributed by atoms with van der Waals surface area (Å²) in [5, 5.41) is 8.62. The molecule has 0 aliphatic rings. The van der Waals surface area contributed by atoms with Gasteiger partial charge in [-0.15, -0.1) is 0 Å². The number of hydrogen-bond acceptors (Lipinski definition) is 3. The molecule has 4 heteroatoms. The summed E-state index contributed by atoms with van der Waals surface area (Å²) in [5.74, 6) is -0.970. The maximum Gasteiger partial charge on any atom is 0.339 e. The molecule has 0 aliphatic carbocycles. The highest BCUT2D eigenvalue weighted by Gasteiger charge is 2.08. The van der Waals surface area contributed by atoms with Gasteiger partial charge < -0.3 is 5.11 Å². The van der Waals surface area contributed by atoms with Crippen LogP contribution < -0.4 is 0 Å². The van der Waals surface area contributed by atoms with Crippen LogP contribution in [0.1, 0.15) is 23.0 Å². The summed E-state index contributed by atoms with van der Waals surface area (Å²) in [4.78, 5) is 17.9. The number of carbonyl (C=O) groups is 1. The van der Waals surface area contributed by atoms with Gasteiger partial charge >= 0.3 is 5.97 Å². The molecule has 0 amide bonds. The molecular formula is C7H8N2O2. The van der Waals surface area contributed by atoms with Crippen molar-refractivity contribution in [3.05, 3.63) is 23.8 Å². The maximum atomic E-state index is 10.5. The fourth-order valence-electron chi connectivity index (χ4n) is 0.815. The second-order valence-electron chi connectivity index (χ2n) is 2.04. The molecule has 1 rings (SSSR count). The summed E-state index contributed by atoms with van der Waals surface area (Å²) in [5.41, 5.74) is 0.766. The van der Waals surface area contributed by atoms with E-state index in [2.05, 4.69) is 9.97 Å². The molecule has 0 fully saturated rings. The zero-order valence-corrected chi connectivity index (χ0v) is 6.11. The Labute approximate surface area is 63.9 Å². The van der Waals surface area contributed by atoms with Gasteiger partial charge in [-0.2, -0.15) is 0 Å². The van der Waals surface area contributed by atoms with Crippen molar-refractivity contribution >= 4 is 5.97 Å². The number of rotatable bonds is 2. The summed E-state index contributed by atoms with van der Waals surface area (Å²) in [6.07, 6.45) is 3.28. The smallest absolute Gasteiger partial charge is 0.339 e. The zero-order chi connectivity index (χ0) is 8.27. The van der Waals surface area contributed by atoms with Crippen molar-refractivity contribution in [1.82, 2.24) is 9.97 Å². The highest BCUT2D eigenvalue weighted by molar-refractivity contribution is 5.88. The largest absolute Gasteiger partial charge is 0.478 e. The third-order valence-corrected chi connectivity index (χ3v) is 1.36. The molecule has 0 radical (unpaired) electrons. The molecule has 1 aromatic rings. The van der Waals surface area contributed by atoms with E-state index < -0.39 is 5.97 Å². The molecule has 0 unspecified atom stereocenters. The van der Waals surface area contributed by atoms with Crippen molar-refractivity contribution in [3.63, 3.8) is 0 Å². The van der Waals surface area contributed by atoms with Crippen LogP contribution in [0.25, 0.3) is 0 Å². The van der Waals surface area contributed by atoms with Gasteiger partial charge in [0.2, 0.25) is 0 Å². The van der Waals surface area contributed by atoms with E-state index in [1.54, 1.807) is 0 Å². The fraction of sp³-hybridized carbons (Fsp3) is 0.286. The molecule has 0 saturated carbocycles. The lowest BCUT2D eigenvalue weighted by atomic mass is 10.2. The second-order valence-corrected chi connectivity index (χ2v) is 2.04. The Hall–Kier alpha value is -1.45. The first-order chi connectivity index (χ1) is 5.25. The van der Waals surface area contributed by atoms with Gasteiger partial charge in [0.25, 0.3) is 0 Å². The number of carboxylic acid groups (broad SMARTS) is 1. The fourth-order valence-corrected chi connectivity index (χ4v) is 0.815. The Bertz CT molecular complexity index is 273. The minimum atomic E-state index is -0.970. The molecule has 0 aliphatic heterocycles. The Morgan fingerprint density at radius 2 is 2.45 bits per heavy atom. The first-order valence-electron chi connectivity index (χ1n) is 3.28. The quantitative estimate of drug-likeness (QED) is 0.678. The van der Waals surface area contributed by atoms with Crippen LogP contribution in [0.5, 0.6) is 0 Å². The molecule has 0 atom stereocenters. The molecule has 1 heterocycles. The van der Waals surface area contributed by atoms with E-state index in [0.29, 0.717) is 12.1 Å². The van der Waals surface area contributed by atoms with Gasteiger partial charge in [0.05, 0.1) is 11.3 Å². The number of carboxylic acids is 1. The van der Waals surface area contributed by atoms with Crippen molar-refractivity contribution in [2.45, 2.75) is 13.3 Å². The number of hydrogen-bond donors (Lipinski definition) is 1. The molecule has 1 aromatic heterocycles. The van der Waals surface area contributed by atoms with E-state index in [9.17, 15) is 4.79 Å². The molecule has 1 N–H and O–H groups in total. The van der Waals surface area contributed by atoms with Crippen LogP contribution in [0.3, 0.4) is 0 Å². The van der Waals surface area contributed by atoms with E-state index in [4.69, 9.17) is 5.11 Å². The van der Waals surface area contributed by atoms with Gasteiger partial charge in [-0.3, -0.25) is 0 Å². The molecular weight excluding hydrogens is 144 g/mol. The van der Waals surface area contributed by atoms with Crippen LogP contribution in [-0.2, 0) is 6.42 Å². The monoisotopic (exact) mass is 152 g/mol. The summed E-state index contributed by atoms with van der Waals surface area (Å²) in [7, 11) is 0. The molecule has 58 valence electrons. The van der Waals surface area contributed by atoms with Crippen molar-refractivity contribution in [2.75, 3.05) is 0 Å². The Morgan fingerprint density at radius 1 is 1.73 bits per heavy atom. The third kappa shape index (κ3) is 1.52. The lowest BCUT2D eigenvalue weighted by molar-refractivity contribution is 0.0694. The Balaban J connectivity index is 3.12. The lowest BCUT2D eigenvalue weighted by Crippen LogP contribution is -2.04. The Morgan fingerprint density at radius 3 is 2.91 bits per heavy atom. The summed E-state index contributed by atoms with van der Waals surface area (Å²) >= 11 is 0. The number of nitrogens with zero attached hydrogens (tertiary/aromatic N) is 2. The van der Waals surface area contributed by atoms with Crippen molar-refractivity contribution < 1.29 is 9.90 Å². The van der Waals surface area contributed by atoms with Gasteiger partial charge in [-0.05, 0) is 6.42 Å². The minimum Gasteiger partial charge on any atom is -0.478 e. The van der Waals surface area contributed by atoms with Crippen molar-refractivity contribution in [2.24, 2.45) is 0 Å². The lowest BCUT2D eigenvalue weighted by Gasteiger charge is -1.98. The van der Waals surface area contributed by atoms with E-state index in [1.807, 2.05) is 6.92 Å². The summed E-state index contributed by atoms with van der Waals surface area (Å²) in [6, 6.07) is 0. The highest BCUT2D eigenvalue weighted by Crippen LogP contribution is 2.02. The van der Waals surface area contributed by atoms with Crippen LogP contribution in [-0.4, -0.2) is 21.0 Å². The zero-order valence-electron chi connectivity index (χ0n) is 6.11. The van der Waals surface area contributed by atoms with Crippen LogP contribution in [0, 0.1) is 0 Å². The van der Waals surface area contributed by atoms with Gasteiger partial charge in [-0.1, -0.05) is 6.92 Å². The molecule has 11 heavy (non-hydrogen) atoms. The topological polar surface area (TPSA) is 63.1 Å². The number of aromatic carboxylic acids is 1. The molecule has 0 spiro atoms. The molecule has 0 saturated heterocycles. The first kappa shape index (κ1) is 7.65. The third-order valence-electron chi connectivity index (χ3n) is 1.36. The molecule has 0 bridgehead atoms. The van der Waals surface area contributed by atoms with E-state index in [0.717, 1.165) is 0 Å². The average Bonchev–Trinajstić information content (AvgIpc) is 2.04. The number of aryl methyl sites for hydroxylation is 1. The van der Waals surface area contributed by atoms with Gasteiger partial charge in [0.15, 0.2) is 0 Å². The van der Waals surface area contributed by atoms with Crippen molar-refractivity contribution in [3.8, 4) is 0 Å². The highest BCUT2D eigenvalue weighted by atomic mass is 16.4. The van der Waals surface area contributed by atoms with Crippen molar-refractivity contribution in [1.29, 1.82) is 0 Å². The normalized spacial score (nSPS) is 9.55. The standard InChI is InChI=1S/C7H8N2O2/c1-2-6-5(7(10)11)3-8-4-9-6/h3-4H,2H2,1H3,(H,10,11). The average molecular weight is 152 g/mol. The van der Waals surface area contributed by atoms with E-state index in [-0.39, 0.29) is 5.56 Å². The minimum absolute atomic E-state index is 0.190. The maximum absolute atomic E-state index is 10.5.